The van der Waals surface area contributed by atoms with Gasteiger partial charge >= 0.3 is 18.4 Å². The molecular formula is C47H67F3N4O7. The van der Waals surface area contributed by atoms with Crippen molar-refractivity contribution in [1.82, 2.24) is 14.7 Å². The summed E-state index contributed by atoms with van der Waals surface area (Å²) in [5, 5.41) is 0. The molecule has 0 spiro atoms. The van der Waals surface area contributed by atoms with Gasteiger partial charge in [-0.25, -0.2) is 9.59 Å². The van der Waals surface area contributed by atoms with Crippen molar-refractivity contribution in [3.63, 3.8) is 0 Å². The van der Waals surface area contributed by atoms with Gasteiger partial charge in [0.05, 0.1) is 12.1 Å². The van der Waals surface area contributed by atoms with Crippen molar-refractivity contribution in [3.05, 3.63) is 53.1 Å². The molecule has 11 nitrogen and oxygen atoms in total. The molecule has 0 radical (unpaired) electrons. The lowest BCUT2D eigenvalue weighted by Gasteiger charge is -2.38. The van der Waals surface area contributed by atoms with Gasteiger partial charge in [-0.2, -0.15) is 13.2 Å². The van der Waals surface area contributed by atoms with Gasteiger partial charge in [-0.1, -0.05) is 20.8 Å². The summed E-state index contributed by atoms with van der Waals surface area (Å²) in [7, 11) is 0. The van der Waals surface area contributed by atoms with E-state index in [0.29, 0.717) is 88.8 Å². The molecule has 61 heavy (non-hydrogen) atoms. The number of carbonyl (C=O) groups excluding carboxylic acids is 3. The number of anilines is 1. The number of likely N-dealkylation sites (tertiary alicyclic amines) is 2. The van der Waals surface area contributed by atoms with Gasteiger partial charge in [0.2, 0.25) is 0 Å². The first kappa shape index (κ1) is 46.2. The molecule has 3 saturated heterocycles. The highest BCUT2D eigenvalue weighted by atomic mass is 19.4. The minimum atomic E-state index is -4.58. The second-order valence-electron chi connectivity index (χ2n) is 20.4. The summed E-state index contributed by atoms with van der Waals surface area (Å²) in [6, 6.07) is 9.54. The van der Waals surface area contributed by atoms with E-state index in [0.717, 1.165) is 49.1 Å². The number of nitrogens with zero attached hydrogens (tertiary/aromatic N) is 4. The Bertz CT molecular complexity index is 1860. The van der Waals surface area contributed by atoms with E-state index in [2.05, 4.69) is 20.8 Å². The number of amides is 3. The monoisotopic (exact) mass is 856 g/mol. The smallest absolute Gasteiger partial charge is 0.416 e. The van der Waals surface area contributed by atoms with Crippen molar-refractivity contribution < 1.29 is 46.5 Å². The zero-order valence-corrected chi connectivity index (χ0v) is 37.7. The summed E-state index contributed by atoms with van der Waals surface area (Å²) in [4.78, 5) is 46.4. The predicted octanol–water partition coefficient (Wildman–Crippen LogP) is 10.2. The molecule has 0 bridgehead atoms. The van der Waals surface area contributed by atoms with Crippen LogP contribution in [-0.2, 0) is 15.7 Å². The van der Waals surface area contributed by atoms with Crippen molar-refractivity contribution in [2.45, 2.75) is 143 Å². The summed E-state index contributed by atoms with van der Waals surface area (Å²) in [6.07, 6.45) is -0.155. The first-order valence-electron chi connectivity index (χ1n) is 22.1. The molecule has 6 rings (SSSR count). The third-order valence-electron chi connectivity index (χ3n) is 12.3. The minimum Gasteiger partial charge on any atom is -0.490 e. The van der Waals surface area contributed by atoms with Gasteiger partial charge in [0.15, 0.2) is 0 Å². The summed E-state index contributed by atoms with van der Waals surface area (Å²) >= 11 is 0. The van der Waals surface area contributed by atoms with Crippen LogP contribution in [0.3, 0.4) is 0 Å². The Morgan fingerprint density at radius 2 is 1.18 bits per heavy atom. The van der Waals surface area contributed by atoms with Crippen LogP contribution in [-0.4, -0.2) is 109 Å². The molecule has 338 valence electrons. The summed E-state index contributed by atoms with van der Waals surface area (Å²) in [5.74, 6) is 1.63. The van der Waals surface area contributed by atoms with E-state index in [1.165, 1.54) is 0 Å². The van der Waals surface area contributed by atoms with Crippen LogP contribution in [0.5, 0.6) is 11.5 Å². The number of piperazine rings is 1. The second kappa shape index (κ2) is 18.2. The summed E-state index contributed by atoms with van der Waals surface area (Å²) in [6.45, 7) is 20.9. The number of halogens is 3. The Morgan fingerprint density at radius 1 is 0.607 bits per heavy atom. The van der Waals surface area contributed by atoms with Crippen LogP contribution in [0.2, 0.25) is 0 Å². The Hall–Kier alpha value is -4.36. The van der Waals surface area contributed by atoms with Crippen molar-refractivity contribution >= 4 is 23.8 Å². The standard InChI is InChI=1S/C47H67F3N4O7/c1-44(2,3)33-13-10-31(11-14-33)39-26-32(12-15-40(39)59-37-18-21-54(30-37)43(57)61-46(7,8)9)41(55)52-19-16-36(17-20-52)58-38-28-34(47(48,49)50)27-35(29-38)51-22-24-53(25-23-51)42(56)60-45(4,5)6/h12,15,26-29,31,33,36-37H,10-11,13-14,16-25,30H2,1-9H3/t31-,33-,37-/m0/s1. The molecule has 1 atom stereocenters. The van der Waals surface area contributed by atoms with Gasteiger partial charge in [-0.05, 0) is 120 Å². The Morgan fingerprint density at radius 3 is 1.75 bits per heavy atom. The van der Waals surface area contributed by atoms with Crippen molar-refractivity contribution in [2.75, 3.05) is 57.3 Å². The van der Waals surface area contributed by atoms with E-state index in [1.807, 2.05) is 43.9 Å². The fourth-order valence-electron chi connectivity index (χ4n) is 8.90. The molecule has 0 aromatic heterocycles. The molecule has 4 aliphatic rings. The Kier molecular flexibility index (Phi) is 13.7. The van der Waals surface area contributed by atoms with Crippen LogP contribution in [0.15, 0.2) is 36.4 Å². The van der Waals surface area contributed by atoms with E-state index in [4.69, 9.17) is 18.9 Å². The lowest BCUT2D eigenvalue weighted by atomic mass is 9.68. The predicted molar refractivity (Wildman–Crippen MR) is 228 cm³/mol. The first-order valence-corrected chi connectivity index (χ1v) is 22.1. The molecule has 4 fully saturated rings. The Labute approximate surface area is 360 Å². The van der Waals surface area contributed by atoms with Gasteiger partial charge < -0.3 is 38.5 Å². The van der Waals surface area contributed by atoms with Crippen LogP contribution in [0.1, 0.15) is 135 Å². The number of hydrogen-bond donors (Lipinski definition) is 0. The average Bonchev–Trinajstić information content (AvgIpc) is 3.65. The molecule has 2 aromatic carbocycles. The highest BCUT2D eigenvalue weighted by Crippen LogP contribution is 2.46. The number of ether oxygens (including phenoxy) is 4. The quantitative estimate of drug-likeness (QED) is 0.271. The van der Waals surface area contributed by atoms with Gasteiger partial charge in [0.25, 0.3) is 5.91 Å². The van der Waals surface area contributed by atoms with Crippen LogP contribution in [0.4, 0.5) is 28.4 Å². The fraction of sp³-hybridized carbons (Fsp3) is 0.681. The molecule has 3 heterocycles. The lowest BCUT2D eigenvalue weighted by Crippen LogP contribution is -2.50. The van der Waals surface area contributed by atoms with Gasteiger partial charge in [0, 0.05) is 82.4 Å². The molecule has 3 aliphatic heterocycles. The molecule has 1 aliphatic carbocycles. The molecule has 3 amide bonds. The topological polar surface area (TPSA) is 101 Å². The maximum absolute atomic E-state index is 14.1. The maximum atomic E-state index is 14.1. The van der Waals surface area contributed by atoms with Crippen molar-refractivity contribution in [1.29, 1.82) is 0 Å². The van der Waals surface area contributed by atoms with E-state index >= 15 is 0 Å². The number of benzene rings is 2. The molecule has 14 heteroatoms. The minimum absolute atomic E-state index is 0.0986. The number of carbonyl (C=O) groups is 3. The summed E-state index contributed by atoms with van der Waals surface area (Å²) in [5.41, 5.74) is 0.171. The van der Waals surface area contributed by atoms with Crippen molar-refractivity contribution in [3.8, 4) is 11.5 Å². The largest absolute Gasteiger partial charge is 0.490 e. The van der Waals surface area contributed by atoms with Gasteiger partial charge in [-0.3, -0.25) is 4.79 Å². The second-order valence-corrected chi connectivity index (χ2v) is 20.4. The molecule has 0 N–H and O–H groups in total. The summed E-state index contributed by atoms with van der Waals surface area (Å²) < 4.78 is 66.4. The van der Waals surface area contributed by atoms with Crippen LogP contribution >= 0.6 is 0 Å². The Balaban J connectivity index is 1.11. The highest BCUT2D eigenvalue weighted by Gasteiger charge is 2.37. The van der Waals surface area contributed by atoms with Crippen molar-refractivity contribution in [2.24, 2.45) is 11.3 Å². The maximum Gasteiger partial charge on any atom is 0.416 e. The highest BCUT2D eigenvalue weighted by molar-refractivity contribution is 5.94. The molecule has 1 saturated carbocycles. The van der Waals surface area contributed by atoms with E-state index in [9.17, 15) is 27.6 Å². The number of hydrogen-bond acceptors (Lipinski definition) is 8. The zero-order chi connectivity index (χ0) is 44.5. The number of rotatable bonds is 7. The number of alkyl halides is 3. The molecular weight excluding hydrogens is 790 g/mol. The van der Waals surface area contributed by atoms with Gasteiger partial charge in [0.1, 0.15) is 34.9 Å². The van der Waals surface area contributed by atoms with Crippen LogP contribution in [0.25, 0.3) is 0 Å². The first-order chi connectivity index (χ1) is 28.4. The normalized spacial score (nSPS) is 22.3. The molecule has 2 aromatic rings. The lowest BCUT2D eigenvalue weighted by molar-refractivity contribution is -0.137. The van der Waals surface area contributed by atoms with E-state index < -0.39 is 29.0 Å². The van der Waals surface area contributed by atoms with E-state index in [1.54, 1.807) is 41.5 Å². The van der Waals surface area contributed by atoms with Crippen LogP contribution in [0, 0.1) is 11.3 Å². The molecule has 0 unspecified atom stereocenters. The SMILES string of the molecule is CC(C)(C)OC(=O)N1CCN(c2cc(OC3CCN(C(=O)c4ccc(O[C@H]5CCN(C(=O)OC(C)(C)C)C5)c([C@H]5CC[C@H](C(C)(C)C)CC5)c4)CC3)cc(C(F)(F)F)c2)CC1. The van der Waals surface area contributed by atoms with Gasteiger partial charge in [-0.15, -0.1) is 0 Å². The van der Waals surface area contributed by atoms with E-state index in [-0.39, 0.29) is 41.3 Å². The fourth-order valence-corrected chi connectivity index (χ4v) is 8.90. The third kappa shape index (κ3) is 12.4. The zero-order valence-electron chi connectivity index (χ0n) is 37.7. The average molecular weight is 857 g/mol. The third-order valence-corrected chi connectivity index (χ3v) is 12.3. The van der Waals surface area contributed by atoms with Crippen LogP contribution < -0.4 is 14.4 Å². The number of piperidine rings is 1.